The van der Waals surface area contributed by atoms with Gasteiger partial charge in [0.15, 0.2) is 5.82 Å². The van der Waals surface area contributed by atoms with Gasteiger partial charge in [-0.3, -0.25) is 0 Å². The second-order valence-corrected chi connectivity index (χ2v) is 4.69. The Kier molecular flexibility index (Phi) is 4.31. The molecule has 0 spiro atoms. The van der Waals surface area contributed by atoms with Crippen molar-refractivity contribution in [3.63, 3.8) is 0 Å². The Morgan fingerprint density at radius 3 is 3.00 bits per heavy atom. The Labute approximate surface area is 102 Å². The number of nitrogens with zero attached hydrogens (tertiary/aromatic N) is 2. The summed E-state index contributed by atoms with van der Waals surface area (Å²) in [4.78, 5) is 4.29. The van der Waals surface area contributed by atoms with Crippen molar-refractivity contribution in [2.75, 3.05) is 6.54 Å². The second-order valence-electron chi connectivity index (χ2n) is 4.69. The molecule has 2 atom stereocenters. The summed E-state index contributed by atoms with van der Waals surface area (Å²) < 4.78 is 5.03. The van der Waals surface area contributed by atoms with Gasteiger partial charge >= 0.3 is 0 Å². The summed E-state index contributed by atoms with van der Waals surface area (Å²) in [5, 5.41) is 7.54. The molecule has 4 heteroatoms. The maximum Gasteiger partial charge on any atom is 0.223 e. The first-order valence-corrected chi connectivity index (χ1v) is 6.48. The highest BCUT2D eigenvalue weighted by Crippen LogP contribution is 2.19. The van der Waals surface area contributed by atoms with E-state index in [0.717, 1.165) is 24.7 Å². The number of hydrogen-bond donors (Lipinski definition) is 1. The zero-order valence-electron chi connectivity index (χ0n) is 10.6. The van der Waals surface area contributed by atoms with E-state index in [1.165, 1.54) is 19.3 Å². The normalized spacial score (nSPS) is 21.6. The first-order valence-electron chi connectivity index (χ1n) is 6.48. The van der Waals surface area contributed by atoms with E-state index in [1.807, 2.05) is 6.92 Å². The fraction of sp³-hybridized carbons (Fsp3) is 0.692. The first kappa shape index (κ1) is 12.3. The fourth-order valence-corrected chi connectivity index (χ4v) is 2.23. The van der Waals surface area contributed by atoms with Gasteiger partial charge in [-0.2, -0.15) is 4.98 Å². The van der Waals surface area contributed by atoms with Crippen LogP contribution in [0.2, 0.25) is 0 Å². The summed E-state index contributed by atoms with van der Waals surface area (Å²) in [5.74, 6) is 2.18. The molecule has 0 saturated carbocycles. The lowest BCUT2D eigenvalue weighted by molar-refractivity contribution is 0.360. The molecule has 0 amide bonds. The van der Waals surface area contributed by atoms with Crippen molar-refractivity contribution < 1.29 is 4.52 Å². The molecular weight excluding hydrogens is 214 g/mol. The van der Waals surface area contributed by atoms with Crippen LogP contribution < -0.4 is 5.32 Å². The van der Waals surface area contributed by atoms with Gasteiger partial charge in [-0.1, -0.05) is 24.2 Å². The van der Waals surface area contributed by atoms with Crippen LogP contribution in [-0.2, 0) is 0 Å². The zero-order chi connectivity index (χ0) is 12.1. The number of hydrogen-bond acceptors (Lipinski definition) is 4. The van der Waals surface area contributed by atoms with Gasteiger partial charge in [0.05, 0.1) is 6.04 Å². The smallest absolute Gasteiger partial charge is 0.223 e. The summed E-state index contributed by atoms with van der Waals surface area (Å²) in [7, 11) is 0. The maximum atomic E-state index is 5.03. The lowest BCUT2D eigenvalue weighted by atomic mass is 9.94. The quantitative estimate of drug-likeness (QED) is 0.797. The van der Waals surface area contributed by atoms with Gasteiger partial charge in [0, 0.05) is 6.92 Å². The predicted octanol–water partition coefficient (Wildman–Crippen LogP) is 2.78. The largest absolute Gasteiger partial charge is 0.340 e. The van der Waals surface area contributed by atoms with Crippen LogP contribution >= 0.6 is 0 Å². The van der Waals surface area contributed by atoms with E-state index in [2.05, 4.69) is 34.5 Å². The van der Waals surface area contributed by atoms with Gasteiger partial charge in [0.2, 0.25) is 5.89 Å². The van der Waals surface area contributed by atoms with Gasteiger partial charge < -0.3 is 9.84 Å². The average Bonchev–Trinajstić information content (AvgIpc) is 2.78. The van der Waals surface area contributed by atoms with Gasteiger partial charge in [-0.15, -0.1) is 0 Å². The molecule has 0 fully saturated rings. The third kappa shape index (κ3) is 3.40. The average molecular weight is 235 g/mol. The number of aromatic nitrogens is 2. The highest BCUT2D eigenvalue weighted by molar-refractivity contribution is 4.95. The topological polar surface area (TPSA) is 51.0 Å². The molecule has 1 aromatic heterocycles. The van der Waals surface area contributed by atoms with E-state index < -0.39 is 0 Å². The van der Waals surface area contributed by atoms with Crippen molar-refractivity contribution in [3.05, 3.63) is 23.9 Å². The second kappa shape index (κ2) is 5.96. The Morgan fingerprint density at radius 2 is 2.41 bits per heavy atom. The van der Waals surface area contributed by atoms with Crippen LogP contribution in [0, 0.1) is 12.8 Å². The Morgan fingerprint density at radius 1 is 1.53 bits per heavy atom. The molecule has 0 unspecified atom stereocenters. The molecule has 1 heterocycles. The molecule has 17 heavy (non-hydrogen) atoms. The summed E-state index contributed by atoms with van der Waals surface area (Å²) in [5.41, 5.74) is 0. The predicted molar refractivity (Wildman–Crippen MR) is 66.6 cm³/mol. The summed E-state index contributed by atoms with van der Waals surface area (Å²) >= 11 is 0. The third-order valence-electron chi connectivity index (χ3n) is 3.29. The third-order valence-corrected chi connectivity index (χ3v) is 3.29. The zero-order valence-corrected chi connectivity index (χ0v) is 10.6. The van der Waals surface area contributed by atoms with E-state index in [-0.39, 0.29) is 6.04 Å². The Balaban J connectivity index is 1.85. The van der Waals surface area contributed by atoms with Crippen molar-refractivity contribution in [2.45, 2.75) is 45.6 Å². The molecule has 1 aliphatic rings. The van der Waals surface area contributed by atoms with Crippen molar-refractivity contribution in [2.24, 2.45) is 5.92 Å². The number of rotatable bonds is 5. The molecule has 2 rings (SSSR count). The van der Waals surface area contributed by atoms with Crippen LogP contribution in [0.15, 0.2) is 16.7 Å². The minimum atomic E-state index is 0.221. The van der Waals surface area contributed by atoms with Gasteiger partial charge in [-0.25, -0.2) is 0 Å². The lowest BCUT2D eigenvalue weighted by Crippen LogP contribution is -2.28. The highest BCUT2D eigenvalue weighted by Gasteiger charge is 2.17. The van der Waals surface area contributed by atoms with Crippen molar-refractivity contribution in [1.29, 1.82) is 0 Å². The van der Waals surface area contributed by atoms with Crippen LogP contribution in [0.1, 0.15) is 50.4 Å². The molecule has 0 aromatic carbocycles. The van der Waals surface area contributed by atoms with E-state index in [0.29, 0.717) is 5.89 Å². The molecular formula is C13H21N3O. The van der Waals surface area contributed by atoms with E-state index >= 15 is 0 Å². The Bertz CT molecular complexity index is 372. The lowest BCUT2D eigenvalue weighted by Gasteiger charge is -2.21. The minimum Gasteiger partial charge on any atom is -0.340 e. The molecule has 1 N–H and O–H groups in total. The van der Waals surface area contributed by atoms with E-state index in [4.69, 9.17) is 4.52 Å². The standard InChI is InChI=1S/C13H21N3O/c1-3-12(13-15-10(2)17-16-13)14-9-11-7-5-4-6-8-11/h4-5,11-12,14H,3,6-9H2,1-2H3/t11-,12-/m1/s1. The van der Waals surface area contributed by atoms with Gasteiger partial charge in [-0.05, 0) is 38.1 Å². The highest BCUT2D eigenvalue weighted by atomic mass is 16.5. The molecule has 94 valence electrons. The van der Waals surface area contributed by atoms with Crippen molar-refractivity contribution in [1.82, 2.24) is 15.5 Å². The molecule has 0 saturated heterocycles. The SMILES string of the molecule is CC[C@@H](NC[C@@H]1CC=CCC1)c1noc(C)n1. The molecule has 4 nitrogen and oxygen atoms in total. The van der Waals surface area contributed by atoms with E-state index in [1.54, 1.807) is 0 Å². The number of nitrogens with one attached hydrogen (secondary N) is 1. The molecule has 1 aromatic rings. The van der Waals surface area contributed by atoms with Gasteiger partial charge in [0.25, 0.3) is 0 Å². The van der Waals surface area contributed by atoms with Crippen molar-refractivity contribution >= 4 is 0 Å². The molecule has 0 radical (unpaired) electrons. The first-order chi connectivity index (χ1) is 8.29. The van der Waals surface area contributed by atoms with Crippen LogP contribution in [0.3, 0.4) is 0 Å². The van der Waals surface area contributed by atoms with Crippen molar-refractivity contribution in [3.8, 4) is 0 Å². The summed E-state index contributed by atoms with van der Waals surface area (Å²) in [6.07, 6.45) is 9.23. The minimum absolute atomic E-state index is 0.221. The fourth-order valence-electron chi connectivity index (χ4n) is 2.23. The maximum absolute atomic E-state index is 5.03. The van der Waals surface area contributed by atoms with E-state index in [9.17, 15) is 0 Å². The van der Waals surface area contributed by atoms with Crippen LogP contribution in [-0.4, -0.2) is 16.7 Å². The van der Waals surface area contributed by atoms with Crippen LogP contribution in [0.5, 0.6) is 0 Å². The summed E-state index contributed by atoms with van der Waals surface area (Å²) in [6, 6.07) is 0.221. The molecule has 0 bridgehead atoms. The number of allylic oxidation sites excluding steroid dienone is 2. The number of aryl methyl sites for hydroxylation is 1. The Hall–Kier alpha value is -1.16. The summed E-state index contributed by atoms with van der Waals surface area (Å²) in [6.45, 7) is 5.01. The monoisotopic (exact) mass is 235 g/mol. The molecule has 1 aliphatic carbocycles. The molecule has 0 aliphatic heterocycles. The van der Waals surface area contributed by atoms with Crippen LogP contribution in [0.25, 0.3) is 0 Å². The van der Waals surface area contributed by atoms with Gasteiger partial charge in [0.1, 0.15) is 0 Å². The van der Waals surface area contributed by atoms with Crippen LogP contribution in [0.4, 0.5) is 0 Å².